The quantitative estimate of drug-likeness (QED) is 0.825. The van der Waals surface area contributed by atoms with Gasteiger partial charge in [-0.15, -0.1) is 0 Å². The Labute approximate surface area is 135 Å². The molecule has 0 aromatic heterocycles. The van der Waals surface area contributed by atoms with E-state index in [1.54, 1.807) is 32.0 Å². The second-order valence-corrected chi connectivity index (χ2v) is 5.96. The van der Waals surface area contributed by atoms with Crippen molar-refractivity contribution in [1.29, 1.82) is 0 Å². The third-order valence-corrected chi connectivity index (χ3v) is 5.23. The van der Waals surface area contributed by atoms with E-state index in [1.807, 2.05) is 0 Å². The highest BCUT2D eigenvalue weighted by molar-refractivity contribution is 9.10. The molecule has 0 spiro atoms. The number of nitrogens with zero attached hydrogens (tertiary/aromatic N) is 1. The molecular formula is C14H14BrClN2O3. The van der Waals surface area contributed by atoms with Crippen LogP contribution in [0.1, 0.15) is 26.7 Å². The summed E-state index contributed by atoms with van der Waals surface area (Å²) in [5, 5.41) is 2.64. The fourth-order valence-electron chi connectivity index (χ4n) is 2.43. The summed E-state index contributed by atoms with van der Waals surface area (Å²) in [5.74, 6) is -1.07. The minimum Gasteiger partial charge on any atom is -0.276 e. The molecule has 112 valence electrons. The molecule has 7 heteroatoms. The molecule has 1 aliphatic heterocycles. The Morgan fingerprint density at radius 3 is 2.43 bits per heavy atom. The van der Waals surface area contributed by atoms with Crippen molar-refractivity contribution in [2.45, 2.75) is 26.7 Å². The van der Waals surface area contributed by atoms with Crippen LogP contribution in [0.4, 0.5) is 10.5 Å². The van der Waals surface area contributed by atoms with Crippen molar-refractivity contribution in [2.24, 2.45) is 5.41 Å². The molecule has 1 aliphatic rings. The average molecular weight is 374 g/mol. The molecule has 1 heterocycles. The number of rotatable bonds is 3. The monoisotopic (exact) mass is 372 g/mol. The molecule has 0 unspecified atom stereocenters. The number of hydrogen-bond donors (Lipinski definition) is 1. The molecule has 0 atom stereocenters. The number of imide groups is 2. The van der Waals surface area contributed by atoms with Crippen LogP contribution in [0.5, 0.6) is 0 Å². The summed E-state index contributed by atoms with van der Waals surface area (Å²) in [6, 6.07) is 4.11. The van der Waals surface area contributed by atoms with Crippen LogP contribution >= 0.6 is 27.5 Å². The predicted octanol–water partition coefficient (Wildman–Crippen LogP) is 3.49. The van der Waals surface area contributed by atoms with Gasteiger partial charge in [-0.05, 0) is 40.9 Å². The Bertz CT molecular complexity index is 629. The zero-order chi connectivity index (χ0) is 15.8. The number of carbonyl (C=O) groups is 3. The third kappa shape index (κ3) is 2.36. The molecular weight excluding hydrogens is 360 g/mol. The Balaban J connectivity index is 2.58. The summed E-state index contributed by atoms with van der Waals surface area (Å²) in [6.45, 7) is 3.50. The van der Waals surface area contributed by atoms with Gasteiger partial charge in [0.2, 0.25) is 5.91 Å². The van der Waals surface area contributed by atoms with E-state index in [0.29, 0.717) is 28.0 Å². The first-order valence-corrected chi connectivity index (χ1v) is 7.70. The number of urea groups is 1. The van der Waals surface area contributed by atoms with Crippen LogP contribution in [0.15, 0.2) is 22.7 Å². The number of halogens is 2. The maximum absolute atomic E-state index is 12.8. The number of hydrogen-bond acceptors (Lipinski definition) is 3. The maximum Gasteiger partial charge on any atom is 0.335 e. The van der Waals surface area contributed by atoms with Crippen molar-refractivity contribution < 1.29 is 14.4 Å². The van der Waals surface area contributed by atoms with Gasteiger partial charge in [-0.25, -0.2) is 9.69 Å². The molecule has 0 bridgehead atoms. The topological polar surface area (TPSA) is 66.5 Å². The van der Waals surface area contributed by atoms with Crippen molar-refractivity contribution in [3.05, 3.63) is 27.7 Å². The van der Waals surface area contributed by atoms with E-state index in [0.717, 1.165) is 4.90 Å². The number of barbiturate groups is 1. The van der Waals surface area contributed by atoms with Gasteiger partial charge < -0.3 is 0 Å². The van der Waals surface area contributed by atoms with Crippen LogP contribution in [0.2, 0.25) is 5.02 Å². The summed E-state index contributed by atoms with van der Waals surface area (Å²) in [4.78, 5) is 38.0. The van der Waals surface area contributed by atoms with E-state index in [9.17, 15) is 14.4 Å². The van der Waals surface area contributed by atoms with Crippen molar-refractivity contribution in [2.75, 3.05) is 4.90 Å². The normalized spacial score (nSPS) is 17.9. The van der Waals surface area contributed by atoms with Gasteiger partial charge in [0.15, 0.2) is 0 Å². The molecule has 4 amide bonds. The highest BCUT2D eigenvalue weighted by Gasteiger charge is 2.52. The smallest absolute Gasteiger partial charge is 0.276 e. The molecule has 1 saturated heterocycles. The lowest BCUT2D eigenvalue weighted by molar-refractivity contribution is -0.143. The van der Waals surface area contributed by atoms with Crippen molar-refractivity contribution in [3.63, 3.8) is 0 Å². The van der Waals surface area contributed by atoms with Gasteiger partial charge in [0.1, 0.15) is 5.41 Å². The van der Waals surface area contributed by atoms with E-state index in [1.165, 1.54) is 0 Å². The lowest BCUT2D eigenvalue weighted by Gasteiger charge is -2.38. The first-order chi connectivity index (χ1) is 9.89. The molecule has 0 radical (unpaired) electrons. The van der Waals surface area contributed by atoms with Crippen LogP contribution in [0, 0.1) is 5.41 Å². The predicted molar refractivity (Wildman–Crippen MR) is 83.2 cm³/mol. The van der Waals surface area contributed by atoms with E-state index in [4.69, 9.17) is 11.6 Å². The summed E-state index contributed by atoms with van der Waals surface area (Å²) in [7, 11) is 0. The van der Waals surface area contributed by atoms with Crippen LogP contribution < -0.4 is 10.2 Å². The standard InChI is InChI=1S/C14H14BrClN2O3/c1-3-14(4-2)11(19)17-13(21)18(12(14)20)9-7-5-6-8(16)10(9)15/h5-7H,3-4H2,1-2H3,(H,17,19,21). The number of carbonyl (C=O) groups excluding carboxylic acids is 3. The fourth-order valence-corrected chi connectivity index (χ4v) is 3.04. The number of anilines is 1. The molecule has 0 saturated carbocycles. The highest BCUT2D eigenvalue weighted by Crippen LogP contribution is 2.39. The summed E-state index contributed by atoms with van der Waals surface area (Å²) in [6.07, 6.45) is 0.631. The minimum absolute atomic E-state index is 0.316. The Morgan fingerprint density at radius 2 is 1.86 bits per heavy atom. The molecule has 0 aliphatic carbocycles. The van der Waals surface area contributed by atoms with Crippen molar-refractivity contribution in [1.82, 2.24) is 5.32 Å². The van der Waals surface area contributed by atoms with E-state index in [-0.39, 0.29) is 0 Å². The SMILES string of the molecule is CCC1(CC)C(=O)NC(=O)N(c2cccc(Cl)c2Br)C1=O. The largest absolute Gasteiger partial charge is 0.335 e. The number of amides is 4. The fraction of sp³-hybridized carbons (Fsp3) is 0.357. The van der Waals surface area contributed by atoms with Gasteiger partial charge in [-0.3, -0.25) is 14.9 Å². The highest BCUT2D eigenvalue weighted by atomic mass is 79.9. The molecule has 2 rings (SSSR count). The van der Waals surface area contributed by atoms with E-state index < -0.39 is 23.3 Å². The first kappa shape index (κ1) is 16.0. The molecule has 5 nitrogen and oxygen atoms in total. The van der Waals surface area contributed by atoms with Gasteiger partial charge in [0.05, 0.1) is 15.2 Å². The van der Waals surface area contributed by atoms with Crippen molar-refractivity contribution in [3.8, 4) is 0 Å². The molecule has 1 aromatic rings. The minimum atomic E-state index is -1.23. The summed E-state index contributed by atoms with van der Waals surface area (Å²) in [5.41, 5.74) is -0.904. The van der Waals surface area contributed by atoms with Gasteiger partial charge >= 0.3 is 6.03 Å². The molecule has 1 aromatic carbocycles. The zero-order valence-corrected chi connectivity index (χ0v) is 13.9. The van der Waals surface area contributed by atoms with E-state index in [2.05, 4.69) is 21.2 Å². The lowest BCUT2D eigenvalue weighted by Crippen LogP contribution is -2.64. The van der Waals surface area contributed by atoms with Crippen LogP contribution in [0.3, 0.4) is 0 Å². The van der Waals surface area contributed by atoms with Crippen LogP contribution in [-0.2, 0) is 9.59 Å². The summed E-state index contributed by atoms with van der Waals surface area (Å²) >= 11 is 9.29. The van der Waals surface area contributed by atoms with Crippen LogP contribution in [-0.4, -0.2) is 17.8 Å². The zero-order valence-electron chi connectivity index (χ0n) is 11.6. The van der Waals surface area contributed by atoms with Gasteiger partial charge in [0.25, 0.3) is 5.91 Å². The third-order valence-electron chi connectivity index (χ3n) is 3.85. The van der Waals surface area contributed by atoms with Gasteiger partial charge in [-0.2, -0.15) is 0 Å². The second-order valence-electron chi connectivity index (χ2n) is 4.76. The first-order valence-electron chi connectivity index (χ1n) is 6.53. The molecule has 21 heavy (non-hydrogen) atoms. The molecule has 1 fully saturated rings. The number of nitrogens with one attached hydrogen (secondary N) is 1. The Morgan fingerprint density at radius 1 is 1.24 bits per heavy atom. The lowest BCUT2D eigenvalue weighted by atomic mass is 9.78. The van der Waals surface area contributed by atoms with Gasteiger partial charge in [0, 0.05) is 0 Å². The van der Waals surface area contributed by atoms with Gasteiger partial charge in [-0.1, -0.05) is 31.5 Å². The average Bonchev–Trinajstić information content (AvgIpc) is 2.44. The van der Waals surface area contributed by atoms with E-state index >= 15 is 0 Å². The van der Waals surface area contributed by atoms with Crippen molar-refractivity contribution >= 4 is 51.1 Å². The Kier molecular flexibility index (Phi) is 4.39. The Hall–Kier alpha value is -1.40. The number of benzene rings is 1. The maximum atomic E-state index is 12.8. The molecule has 1 N–H and O–H groups in total. The van der Waals surface area contributed by atoms with Crippen LogP contribution in [0.25, 0.3) is 0 Å². The summed E-state index contributed by atoms with van der Waals surface area (Å²) < 4.78 is 0.436. The second kappa shape index (κ2) is 5.77.